The fourth-order valence-electron chi connectivity index (χ4n) is 2.23. The minimum absolute atomic E-state index is 0.209. The molecule has 1 fully saturated rings. The van der Waals surface area contributed by atoms with Crippen LogP contribution >= 0.6 is 15.9 Å². The molecular weight excluding hydrogens is 326 g/mol. The minimum atomic E-state index is -0.551. The van der Waals surface area contributed by atoms with E-state index in [0.717, 1.165) is 6.42 Å². The van der Waals surface area contributed by atoms with Crippen LogP contribution in [0, 0.1) is 0 Å². The largest absolute Gasteiger partial charge is 0.458 e. The Bertz CT molecular complexity index is 517. The van der Waals surface area contributed by atoms with E-state index in [1.807, 2.05) is 20.8 Å². The molecule has 1 aliphatic heterocycles. The predicted octanol–water partition coefficient (Wildman–Crippen LogP) is 2.99. The van der Waals surface area contributed by atoms with E-state index in [1.54, 1.807) is 11.0 Å². The Morgan fingerprint density at radius 1 is 1.45 bits per heavy atom. The Hall–Kier alpha value is -1.30. The number of carbonyl (C=O) groups is 2. The Morgan fingerprint density at radius 2 is 2.15 bits per heavy atom. The van der Waals surface area contributed by atoms with E-state index >= 15 is 0 Å². The molecule has 6 heteroatoms. The summed E-state index contributed by atoms with van der Waals surface area (Å²) in [5.74, 6) is -0.554. The fourth-order valence-corrected chi connectivity index (χ4v) is 2.64. The van der Waals surface area contributed by atoms with Gasteiger partial charge in [-0.15, -0.1) is 0 Å². The number of carbonyl (C=O) groups excluding carboxylic acids is 2. The Kier molecular flexibility index (Phi) is 4.22. The van der Waals surface area contributed by atoms with Crippen molar-refractivity contribution in [2.24, 2.45) is 0 Å². The summed E-state index contributed by atoms with van der Waals surface area (Å²) in [6, 6.07) is 1.08. The van der Waals surface area contributed by atoms with E-state index in [-0.39, 0.29) is 11.9 Å². The van der Waals surface area contributed by atoms with Gasteiger partial charge >= 0.3 is 5.97 Å². The number of halogens is 1. The zero-order valence-corrected chi connectivity index (χ0v) is 13.4. The summed E-state index contributed by atoms with van der Waals surface area (Å²) < 4.78 is 10.8. The number of hydrogen-bond acceptors (Lipinski definition) is 4. The second kappa shape index (κ2) is 5.60. The summed E-state index contributed by atoms with van der Waals surface area (Å²) >= 11 is 3.19. The van der Waals surface area contributed by atoms with Crippen LogP contribution in [0.25, 0.3) is 0 Å². The molecule has 0 saturated carbocycles. The average Bonchev–Trinajstić information content (AvgIpc) is 2.93. The van der Waals surface area contributed by atoms with Crippen LogP contribution in [-0.2, 0) is 9.53 Å². The number of likely N-dealkylation sites (tertiary alicyclic amines) is 1. The molecule has 1 amide bonds. The van der Waals surface area contributed by atoms with Crippen molar-refractivity contribution in [3.63, 3.8) is 0 Å². The zero-order valence-electron chi connectivity index (χ0n) is 11.8. The highest BCUT2D eigenvalue weighted by Crippen LogP contribution is 2.26. The normalized spacial score (nSPS) is 19.2. The van der Waals surface area contributed by atoms with Gasteiger partial charge < -0.3 is 14.1 Å². The van der Waals surface area contributed by atoms with Gasteiger partial charge in [0.15, 0.2) is 4.67 Å². The third kappa shape index (κ3) is 3.23. The van der Waals surface area contributed by atoms with Crippen LogP contribution in [0.2, 0.25) is 0 Å². The van der Waals surface area contributed by atoms with Crippen molar-refractivity contribution in [1.29, 1.82) is 0 Å². The lowest BCUT2D eigenvalue weighted by molar-refractivity contribution is -0.159. The fraction of sp³-hybridized carbons (Fsp3) is 0.571. The summed E-state index contributed by atoms with van der Waals surface area (Å²) in [7, 11) is 0. The van der Waals surface area contributed by atoms with Crippen LogP contribution < -0.4 is 0 Å². The summed E-state index contributed by atoms with van der Waals surface area (Å²) in [6.07, 6.45) is 2.87. The average molecular weight is 344 g/mol. The number of hydrogen-bond donors (Lipinski definition) is 0. The van der Waals surface area contributed by atoms with Gasteiger partial charge in [-0.1, -0.05) is 0 Å². The van der Waals surface area contributed by atoms with Crippen molar-refractivity contribution in [3.05, 3.63) is 22.6 Å². The molecule has 0 unspecified atom stereocenters. The Morgan fingerprint density at radius 3 is 2.70 bits per heavy atom. The smallest absolute Gasteiger partial charge is 0.329 e. The van der Waals surface area contributed by atoms with Gasteiger partial charge in [-0.2, -0.15) is 0 Å². The molecule has 2 rings (SSSR count). The first-order valence-corrected chi connectivity index (χ1v) is 7.36. The number of ether oxygens (including phenoxy) is 1. The second-order valence-electron chi connectivity index (χ2n) is 5.80. The van der Waals surface area contributed by atoms with Crippen LogP contribution in [0.3, 0.4) is 0 Å². The lowest BCUT2D eigenvalue weighted by atomic mass is 10.1. The highest BCUT2D eigenvalue weighted by molar-refractivity contribution is 9.10. The molecule has 5 nitrogen and oxygen atoms in total. The third-order valence-electron chi connectivity index (χ3n) is 3.04. The molecule has 0 bridgehead atoms. The first-order valence-electron chi connectivity index (χ1n) is 6.56. The molecule has 1 aliphatic rings. The quantitative estimate of drug-likeness (QED) is 0.774. The zero-order chi connectivity index (χ0) is 14.9. The first-order chi connectivity index (χ1) is 9.29. The van der Waals surface area contributed by atoms with Crippen LogP contribution in [0.4, 0.5) is 0 Å². The third-order valence-corrected chi connectivity index (χ3v) is 3.65. The summed E-state index contributed by atoms with van der Waals surface area (Å²) in [4.78, 5) is 26.2. The van der Waals surface area contributed by atoms with Gasteiger partial charge in [0.05, 0.1) is 11.8 Å². The molecule has 0 spiro atoms. The number of esters is 1. The van der Waals surface area contributed by atoms with E-state index in [1.165, 1.54) is 6.26 Å². The van der Waals surface area contributed by atoms with Crippen molar-refractivity contribution >= 4 is 27.8 Å². The van der Waals surface area contributed by atoms with Gasteiger partial charge in [-0.05, 0) is 55.6 Å². The number of nitrogens with zero attached hydrogens (tertiary/aromatic N) is 1. The summed E-state index contributed by atoms with van der Waals surface area (Å²) in [5.41, 5.74) is -0.120. The van der Waals surface area contributed by atoms with Crippen molar-refractivity contribution in [1.82, 2.24) is 4.90 Å². The van der Waals surface area contributed by atoms with Crippen molar-refractivity contribution < 1.29 is 18.7 Å². The van der Waals surface area contributed by atoms with Gasteiger partial charge in [-0.3, -0.25) is 4.79 Å². The van der Waals surface area contributed by atoms with Gasteiger partial charge in [0, 0.05) is 6.54 Å². The molecular formula is C14H18BrNO4. The first kappa shape index (κ1) is 15.1. The summed E-state index contributed by atoms with van der Waals surface area (Å²) in [5, 5.41) is 0. The molecule has 110 valence electrons. The van der Waals surface area contributed by atoms with Crippen molar-refractivity contribution in [3.8, 4) is 0 Å². The highest BCUT2D eigenvalue weighted by atomic mass is 79.9. The van der Waals surface area contributed by atoms with E-state index in [0.29, 0.717) is 23.2 Å². The molecule has 0 aromatic carbocycles. The highest BCUT2D eigenvalue weighted by Gasteiger charge is 2.38. The molecule has 0 aliphatic carbocycles. The Balaban J connectivity index is 2.13. The maximum Gasteiger partial charge on any atom is 0.329 e. The predicted molar refractivity (Wildman–Crippen MR) is 76.3 cm³/mol. The van der Waals surface area contributed by atoms with Crippen molar-refractivity contribution in [2.45, 2.75) is 45.3 Å². The topological polar surface area (TPSA) is 59.8 Å². The number of rotatable bonds is 2. The second-order valence-corrected chi connectivity index (χ2v) is 6.52. The van der Waals surface area contributed by atoms with E-state index in [9.17, 15) is 9.59 Å². The van der Waals surface area contributed by atoms with Gasteiger partial charge in [0.1, 0.15) is 11.6 Å². The van der Waals surface area contributed by atoms with Crippen LogP contribution in [-0.4, -0.2) is 35.0 Å². The standard InChI is InChI=1S/C14H18BrNO4/c1-14(2,3)20-13(18)10-5-4-7-16(10)12(17)9-6-8-19-11(9)15/h6,8,10H,4-5,7H2,1-3H3/t10-/m0/s1. The van der Waals surface area contributed by atoms with Crippen LogP contribution in [0.15, 0.2) is 21.4 Å². The maximum atomic E-state index is 12.4. The molecule has 20 heavy (non-hydrogen) atoms. The lowest BCUT2D eigenvalue weighted by Gasteiger charge is -2.27. The monoisotopic (exact) mass is 343 g/mol. The molecule has 1 saturated heterocycles. The van der Waals surface area contributed by atoms with Crippen LogP contribution in [0.5, 0.6) is 0 Å². The van der Waals surface area contributed by atoms with Gasteiger partial charge in [0.25, 0.3) is 5.91 Å². The molecule has 0 N–H and O–H groups in total. The number of furan rings is 1. The van der Waals surface area contributed by atoms with E-state index in [2.05, 4.69) is 15.9 Å². The molecule has 1 atom stereocenters. The van der Waals surface area contributed by atoms with Crippen LogP contribution in [0.1, 0.15) is 44.0 Å². The molecule has 2 heterocycles. The van der Waals surface area contributed by atoms with Gasteiger partial charge in [-0.25, -0.2) is 4.79 Å². The van der Waals surface area contributed by atoms with E-state index in [4.69, 9.17) is 9.15 Å². The minimum Gasteiger partial charge on any atom is -0.458 e. The molecule has 1 aromatic heterocycles. The molecule has 0 radical (unpaired) electrons. The lowest BCUT2D eigenvalue weighted by Crippen LogP contribution is -2.43. The van der Waals surface area contributed by atoms with Crippen molar-refractivity contribution in [2.75, 3.05) is 6.54 Å². The Labute approximate surface area is 126 Å². The van der Waals surface area contributed by atoms with E-state index < -0.39 is 11.6 Å². The molecule has 1 aromatic rings. The maximum absolute atomic E-state index is 12.4. The number of amides is 1. The SMILES string of the molecule is CC(C)(C)OC(=O)[C@@H]1CCCN1C(=O)c1ccoc1Br. The van der Waals surface area contributed by atoms with Gasteiger partial charge in [0.2, 0.25) is 0 Å². The summed E-state index contributed by atoms with van der Waals surface area (Å²) in [6.45, 7) is 6.01.